The Bertz CT molecular complexity index is 4080. The van der Waals surface area contributed by atoms with Crippen molar-refractivity contribution in [1.82, 2.24) is 24.5 Å². The zero-order valence-corrected chi connectivity index (χ0v) is 66.5. The second-order valence-electron chi connectivity index (χ2n) is 23.6. The molecule has 5 heterocycles. The van der Waals surface area contributed by atoms with E-state index >= 15 is 0 Å². The summed E-state index contributed by atoms with van der Waals surface area (Å²) in [6, 6.07) is 76.1. The monoisotopic (exact) mass is 1680 g/mol. The molecule has 11 rings (SSSR count). The van der Waals surface area contributed by atoms with Crippen molar-refractivity contribution in [3.05, 3.63) is 362 Å². The number of benzene rings is 6. The quantitative estimate of drug-likeness (QED) is 0.0272. The van der Waals surface area contributed by atoms with E-state index in [4.69, 9.17) is 33.5 Å². The average Bonchev–Trinajstić information content (AvgIpc) is 0.849. The van der Waals surface area contributed by atoms with Crippen LogP contribution in [0.4, 0.5) is 17.5 Å². The molecule has 0 amide bonds. The number of H-pyrrole nitrogens is 1. The smallest absolute Gasteiger partial charge is 0.265 e. The summed E-state index contributed by atoms with van der Waals surface area (Å²) in [4.78, 5) is 38.0. The summed E-state index contributed by atoms with van der Waals surface area (Å²) in [6.45, 7) is 14.8. The van der Waals surface area contributed by atoms with Crippen molar-refractivity contribution in [3.8, 4) is 0 Å². The number of ether oxygens (including phenoxy) is 1. The van der Waals surface area contributed by atoms with Crippen LogP contribution in [-0.2, 0) is 42.8 Å². The van der Waals surface area contributed by atoms with Crippen LogP contribution in [0.2, 0.25) is 13.3 Å². The fraction of sp³-hybridized carbons (Fsp3) is 0.250. The Labute approximate surface area is 635 Å². The molecule has 12 nitrogen and oxygen atoms in total. The number of hydrogen-bond acceptors (Lipinski definition) is 9. The van der Waals surface area contributed by atoms with Crippen LogP contribution in [-0.4, -0.2) is 55.0 Å². The van der Waals surface area contributed by atoms with Crippen molar-refractivity contribution < 1.29 is 10.2 Å². The Morgan fingerprint density at radius 2 is 0.891 bits per heavy atom. The van der Waals surface area contributed by atoms with Gasteiger partial charge >= 0.3 is 120 Å². The van der Waals surface area contributed by atoms with Gasteiger partial charge in [-0.05, 0) is 166 Å². The van der Waals surface area contributed by atoms with Gasteiger partial charge in [-0.2, -0.15) is 0 Å². The molecule has 0 aliphatic heterocycles. The molecule has 0 atom stereocenters. The number of unbranched alkanes of at least 4 members (excludes halogenated alkanes) is 3. The molecule has 534 valence electrons. The predicted molar refractivity (Wildman–Crippen MR) is 441 cm³/mol. The number of nitrogens with two attached hydrogens (primary N) is 3. The molecule has 0 radical (unpaired) electrons. The van der Waals surface area contributed by atoms with Gasteiger partial charge in [0.25, 0.3) is 11.1 Å². The van der Waals surface area contributed by atoms with Gasteiger partial charge < -0.3 is 32.2 Å². The Morgan fingerprint density at radius 3 is 1.28 bits per heavy atom. The van der Waals surface area contributed by atoms with E-state index in [2.05, 4.69) is 151 Å². The van der Waals surface area contributed by atoms with Crippen molar-refractivity contribution in [3.63, 3.8) is 0 Å². The van der Waals surface area contributed by atoms with Crippen molar-refractivity contribution >= 4 is 95.2 Å². The standard InChI is InChI=1S/C19H16BrNO.C12H11BrN2.C12H10BrNO.C12H12N2.C7H7Cl.C5H6N2.C4H7O.3C4H9.CH4.H2O.Sn/c20-18-12-17(11-15-7-3-1-4-8-15)14-21(19(18)22)13-16-9-5-2-6-10-16;13-11-7-10(8-15-12(11)14)6-9-4-2-1-3-5-9;13-11-7-10(8-14-12(11)15)6-9-4-2-1-3-5-9;13-12-7-6-11(9-14-12)8-10-4-2-1-3-5-10;8-6-7-4-2-1-3-5-7;6-5-3-1-2-4-7-5;1-3-5-4-2;3*1-3-4-2;;;/h1-10,12,14H,11,13H2;1-5,7-8H,6H2,(H2,14,15);1-5,7-8H,6H2,(H,14,15);1-7,9H,8H2,(H2,13,14);1-5H,6H2;1-4H,(H2,6,7);1,4H2,2H3;3*1,3-4H2,2H3;1H4;1H2;. The summed E-state index contributed by atoms with van der Waals surface area (Å²) in [5.74, 6) is 2.29. The molecular weight excluding hydrogens is 1580 g/mol. The Balaban J connectivity index is 0.000000313. The number of hydrogen-bond donors (Lipinski definition) is 4. The molecule has 0 fully saturated rings. The minimum Gasteiger partial charge on any atom is -0.412 e. The molecule has 0 spiro atoms. The average molecular weight is 1680 g/mol. The van der Waals surface area contributed by atoms with E-state index in [1.165, 1.54) is 89.0 Å². The fourth-order valence-corrected chi connectivity index (χ4v) is 26.5. The maximum atomic E-state index is 12.3. The minimum absolute atomic E-state index is 0. The molecular formula is C84H102Br3ClN8O4Sn. The van der Waals surface area contributed by atoms with Gasteiger partial charge in [0.1, 0.15) is 17.5 Å². The topological polar surface area (TPSA) is 212 Å². The summed E-state index contributed by atoms with van der Waals surface area (Å²) in [7, 11) is 0. The summed E-state index contributed by atoms with van der Waals surface area (Å²) in [5.41, 5.74) is 28.2. The van der Waals surface area contributed by atoms with Crippen LogP contribution in [0, 0.1) is 0 Å². The number of alkyl halides is 1. The van der Waals surface area contributed by atoms with Gasteiger partial charge in [-0.1, -0.05) is 202 Å². The van der Waals surface area contributed by atoms with Gasteiger partial charge in [0.05, 0.1) is 20.0 Å². The van der Waals surface area contributed by atoms with Crippen LogP contribution in [0.1, 0.15) is 129 Å². The first-order valence-electron chi connectivity index (χ1n) is 33.7. The molecule has 0 saturated heterocycles. The van der Waals surface area contributed by atoms with E-state index in [0.29, 0.717) is 38.8 Å². The second-order valence-corrected chi connectivity index (χ2v) is 39.6. The van der Waals surface area contributed by atoms with Crippen LogP contribution in [0.15, 0.2) is 295 Å². The van der Waals surface area contributed by atoms with E-state index in [0.717, 1.165) is 59.0 Å². The van der Waals surface area contributed by atoms with E-state index in [1.807, 2.05) is 195 Å². The summed E-state index contributed by atoms with van der Waals surface area (Å²) < 4.78 is 15.4. The third-order valence-corrected chi connectivity index (χ3v) is 32.7. The van der Waals surface area contributed by atoms with Crippen LogP contribution >= 0.6 is 59.4 Å². The first kappa shape index (κ1) is 87.3. The van der Waals surface area contributed by atoms with Crippen molar-refractivity contribution in [2.45, 2.75) is 125 Å². The van der Waals surface area contributed by atoms with E-state index in [-0.39, 0.29) is 24.0 Å². The summed E-state index contributed by atoms with van der Waals surface area (Å²) in [6.07, 6.45) is 20.5. The third-order valence-electron chi connectivity index (χ3n) is 15.6. The molecule has 0 bridgehead atoms. The van der Waals surface area contributed by atoms with Gasteiger partial charge in [0.2, 0.25) is 0 Å². The fourth-order valence-electron chi connectivity index (χ4n) is 10.3. The van der Waals surface area contributed by atoms with Crippen LogP contribution in [0.25, 0.3) is 0 Å². The number of halogens is 4. The molecule has 6 aromatic carbocycles. The molecule has 101 heavy (non-hydrogen) atoms. The maximum Gasteiger partial charge on any atom is 0.265 e. The number of aromatic nitrogens is 5. The first-order chi connectivity index (χ1) is 48.1. The van der Waals surface area contributed by atoms with Gasteiger partial charge in [0.15, 0.2) is 0 Å². The summed E-state index contributed by atoms with van der Waals surface area (Å²) in [5, 5.41) is 0. The number of aromatic amines is 1. The van der Waals surface area contributed by atoms with Crippen LogP contribution < -0.4 is 28.3 Å². The van der Waals surface area contributed by atoms with Crippen LogP contribution in [0.5, 0.6) is 0 Å². The molecule has 0 unspecified atom stereocenters. The molecule has 9 N–H and O–H groups in total. The second kappa shape index (κ2) is 51.3. The number of pyridine rings is 5. The number of rotatable bonds is 23. The van der Waals surface area contributed by atoms with Gasteiger partial charge in [-0.25, -0.2) is 15.0 Å². The molecule has 11 aromatic rings. The van der Waals surface area contributed by atoms with Crippen LogP contribution in [0.3, 0.4) is 0 Å². The number of nitrogens with one attached hydrogen (secondary N) is 1. The Morgan fingerprint density at radius 1 is 0.485 bits per heavy atom. The summed E-state index contributed by atoms with van der Waals surface area (Å²) >= 11 is 13.3. The van der Waals surface area contributed by atoms with E-state index in [9.17, 15) is 9.59 Å². The normalized spacial score (nSPS) is 10.1. The molecule has 17 heteroatoms. The minimum atomic E-state index is -2.24. The SMILES string of the molecule is C.C=[C](OCC)[Sn]([CH2]CCC)([CH2]CCC)[CH2]CCC.ClCc1ccccc1.Nc1ccc(Cc2ccccc2)cn1.Nc1ccccn1.Nc1ncc(Cc2ccccc2)cc1Br.O.O=c1[nH]cc(Cc2ccccc2)cc1Br.O=c1c(Br)cc(Cc2ccccc2)cn1Cc1ccccc1. The largest absolute Gasteiger partial charge is 0.412 e. The molecule has 0 aliphatic carbocycles. The van der Waals surface area contributed by atoms with Crippen molar-refractivity contribution in [2.24, 2.45) is 0 Å². The number of anilines is 3. The van der Waals surface area contributed by atoms with Crippen molar-refractivity contribution in [1.29, 1.82) is 0 Å². The van der Waals surface area contributed by atoms with Gasteiger partial charge in [-0.15, -0.1) is 11.6 Å². The Kier molecular flexibility index (Phi) is 44.3. The first-order valence-corrected chi connectivity index (χ1v) is 44.1. The zero-order chi connectivity index (χ0) is 71.3. The molecule has 5 aromatic heterocycles. The van der Waals surface area contributed by atoms with Gasteiger partial charge in [0, 0.05) is 36.9 Å². The van der Waals surface area contributed by atoms with E-state index < -0.39 is 18.4 Å². The maximum absolute atomic E-state index is 12.3. The number of nitrogens with zero attached hydrogens (tertiary/aromatic N) is 4. The predicted octanol–water partition coefficient (Wildman–Crippen LogP) is 21.1. The zero-order valence-electron chi connectivity index (χ0n) is 58.1. The number of nitrogen functional groups attached to an aromatic ring is 3. The third kappa shape index (κ3) is 35.0. The van der Waals surface area contributed by atoms with E-state index in [1.54, 1.807) is 23.0 Å². The molecule has 0 aliphatic rings. The van der Waals surface area contributed by atoms with Gasteiger partial charge in [-0.3, -0.25) is 9.59 Å². The molecule has 0 saturated carbocycles. The van der Waals surface area contributed by atoms with Crippen molar-refractivity contribution in [2.75, 3.05) is 23.8 Å². The Hall–Kier alpha value is -7.90.